The first kappa shape index (κ1) is 11.6. The van der Waals surface area contributed by atoms with Crippen molar-refractivity contribution in [2.24, 2.45) is 7.05 Å². The molecule has 0 spiro atoms. The molecule has 0 saturated heterocycles. The molecule has 0 aliphatic carbocycles. The van der Waals surface area contributed by atoms with Gasteiger partial charge in [0.1, 0.15) is 5.69 Å². The molecular weight excluding hydrogens is 238 g/mol. The molecule has 4 heteroatoms. The number of fused-ring (bicyclic) bond motifs is 1. The van der Waals surface area contributed by atoms with Crippen LogP contribution in [0.2, 0.25) is 0 Å². The Labute approximate surface area is 110 Å². The van der Waals surface area contributed by atoms with E-state index in [0.717, 1.165) is 16.5 Å². The highest BCUT2D eigenvalue weighted by atomic mass is 16.1. The van der Waals surface area contributed by atoms with E-state index in [9.17, 15) is 4.79 Å². The third-order valence-corrected chi connectivity index (χ3v) is 3.14. The van der Waals surface area contributed by atoms with Crippen LogP contribution in [-0.2, 0) is 13.5 Å². The van der Waals surface area contributed by atoms with Gasteiger partial charge in [0.2, 0.25) is 0 Å². The molecule has 0 fully saturated rings. The molecule has 2 heterocycles. The van der Waals surface area contributed by atoms with E-state index in [1.165, 1.54) is 0 Å². The fourth-order valence-electron chi connectivity index (χ4n) is 2.15. The summed E-state index contributed by atoms with van der Waals surface area (Å²) in [6, 6.07) is 11.6. The number of carbonyl (C=O) groups is 1. The fourth-order valence-corrected chi connectivity index (χ4v) is 2.15. The Kier molecular flexibility index (Phi) is 2.83. The number of rotatable bonds is 3. The van der Waals surface area contributed by atoms with Crippen LogP contribution in [0.1, 0.15) is 16.1 Å². The third kappa shape index (κ3) is 2.25. The van der Waals surface area contributed by atoms with E-state index in [2.05, 4.69) is 10.1 Å². The van der Waals surface area contributed by atoms with E-state index < -0.39 is 0 Å². The van der Waals surface area contributed by atoms with Crippen LogP contribution in [0.3, 0.4) is 0 Å². The normalized spacial score (nSPS) is 10.8. The van der Waals surface area contributed by atoms with Crippen LogP contribution in [0.5, 0.6) is 0 Å². The van der Waals surface area contributed by atoms with Gasteiger partial charge >= 0.3 is 0 Å². The summed E-state index contributed by atoms with van der Waals surface area (Å²) < 4.78 is 1.60. The van der Waals surface area contributed by atoms with Crippen molar-refractivity contribution in [2.45, 2.75) is 6.42 Å². The lowest BCUT2D eigenvalue weighted by atomic mass is 10.0. The van der Waals surface area contributed by atoms with Crippen LogP contribution in [0.4, 0.5) is 0 Å². The molecule has 19 heavy (non-hydrogen) atoms. The van der Waals surface area contributed by atoms with Gasteiger partial charge in [-0.3, -0.25) is 14.5 Å². The Bertz CT molecular complexity index is 746. The standard InChI is InChI=1S/C15H13N3O/c1-18-14(6-8-17-18)15(19)10-11-4-5-12-3-2-7-16-13(12)9-11/h2-9H,10H2,1H3. The van der Waals surface area contributed by atoms with Gasteiger partial charge in [-0.05, 0) is 23.8 Å². The SMILES string of the molecule is Cn1nccc1C(=O)Cc1ccc2cccnc2c1. The maximum atomic E-state index is 12.2. The van der Waals surface area contributed by atoms with Crippen LogP contribution in [0, 0.1) is 0 Å². The van der Waals surface area contributed by atoms with Crippen LogP contribution in [0.15, 0.2) is 48.8 Å². The molecule has 0 bridgehead atoms. The Hall–Kier alpha value is -2.49. The number of hydrogen-bond donors (Lipinski definition) is 0. The second-order valence-corrected chi connectivity index (χ2v) is 4.47. The van der Waals surface area contributed by atoms with Gasteiger partial charge in [-0.1, -0.05) is 18.2 Å². The maximum Gasteiger partial charge on any atom is 0.185 e. The molecule has 1 aromatic carbocycles. The zero-order chi connectivity index (χ0) is 13.2. The van der Waals surface area contributed by atoms with Crippen LogP contribution in [0.25, 0.3) is 10.9 Å². The average Bonchev–Trinajstić information content (AvgIpc) is 2.85. The number of aromatic nitrogens is 3. The Morgan fingerprint density at radius 3 is 2.89 bits per heavy atom. The van der Waals surface area contributed by atoms with Gasteiger partial charge < -0.3 is 0 Å². The quantitative estimate of drug-likeness (QED) is 0.671. The maximum absolute atomic E-state index is 12.2. The minimum Gasteiger partial charge on any atom is -0.292 e. The summed E-state index contributed by atoms with van der Waals surface area (Å²) in [5.41, 5.74) is 2.51. The van der Waals surface area contributed by atoms with Crippen molar-refractivity contribution in [1.82, 2.24) is 14.8 Å². The van der Waals surface area contributed by atoms with Gasteiger partial charge in [-0.2, -0.15) is 5.10 Å². The van der Waals surface area contributed by atoms with Crippen molar-refractivity contribution in [3.05, 3.63) is 60.0 Å². The molecule has 0 unspecified atom stereocenters. The van der Waals surface area contributed by atoms with E-state index in [1.54, 1.807) is 30.2 Å². The van der Waals surface area contributed by atoms with Gasteiger partial charge in [0.25, 0.3) is 0 Å². The molecule has 0 N–H and O–H groups in total. The van der Waals surface area contributed by atoms with Gasteiger partial charge in [0, 0.05) is 31.2 Å². The summed E-state index contributed by atoms with van der Waals surface area (Å²) in [5.74, 6) is 0.0651. The largest absolute Gasteiger partial charge is 0.292 e. The van der Waals surface area contributed by atoms with Gasteiger partial charge in [-0.15, -0.1) is 0 Å². The van der Waals surface area contributed by atoms with E-state index in [1.807, 2.05) is 30.3 Å². The molecule has 4 nitrogen and oxygen atoms in total. The molecule has 0 saturated carbocycles. The number of benzene rings is 1. The Morgan fingerprint density at radius 1 is 1.21 bits per heavy atom. The number of Topliss-reactive ketones (excluding diaryl/α,β-unsaturated/α-hetero) is 1. The molecular formula is C15H13N3O. The van der Waals surface area contributed by atoms with Crippen molar-refractivity contribution in [2.75, 3.05) is 0 Å². The molecule has 0 amide bonds. The van der Waals surface area contributed by atoms with Gasteiger partial charge in [-0.25, -0.2) is 0 Å². The molecule has 3 aromatic rings. The Balaban J connectivity index is 1.89. The van der Waals surface area contributed by atoms with E-state index in [-0.39, 0.29) is 5.78 Å². The number of aryl methyl sites for hydroxylation is 1. The summed E-state index contributed by atoms with van der Waals surface area (Å²) in [6.45, 7) is 0. The van der Waals surface area contributed by atoms with Crippen molar-refractivity contribution in [3.8, 4) is 0 Å². The third-order valence-electron chi connectivity index (χ3n) is 3.14. The van der Waals surface area contributed by atoms with Gasteiger partial charge in [0.05, 0.1) is 5.52 Å². The molecule has 0 atom stereocenters. The van der Waals surface area contributed by atoms with Crippen LogP contribution >= 0.6 is 0 Å². The molecule has 2 aromatic heterocycles. The zero-order valence-corrected chi connectivity index (χ0v) is 10.6. The number of ketones is 1. The highest BCUT2D eigenvalue weighted by Crippen LogP contribution is 2.15. The number of hydrogen-bond acceptors (Lipinski definition) is 3. The van der Waals surface area contributed by atoms with E-state index in [0.29, 0.717) is 12.1 Å². The minimum absolute atomic E-state index is 0.0651. The molecule has 94 valence electrons. The zero-order valence-electron chi connectivity index (χ0n) is 10.6. The number of pyridine rings is 1. The molecule has 0 radical (unpaired) electrons. The molecule has 3 rings (SSSR count). The van der Waals surface area contributed by atoms with E-state index in [4.69, 9.17) is 0 Å². The van der Waals surface area contributed by atoms with Crippen molar-refractivity contribution < 1.29 is 4.79 Å². The van der Waals surface area contributed by atoms with Crippen molar-refractivity contribution >= 4 is 16.7 Å². The monoisotopic (exact) mass is 251 g/mol. The number of nitrogens with zero attached hydrogens (tertiary/aromatic N) is 3. The summed E-state index contributed by atoms with van der Waals surface area (Å²) in [7, 11) is 1.77. The predicted molar refractivity (Wildman–Crippen MR) is 73.0 cm³/mol. The van der Waals surface area contributed by atoms with Crippen molar-refractivity contribution in [1.29, 1.82) is 0 Å². The first-order chi connectivity index (χ1) is 9.24. The lowest BCUT2D eigenvalue weighted by Gasteiger charge is -2.03. The smallest absolute Gasteiger partial charge is 0.185 e. The van der Waals surface area contributed by atoms with Crippen molar-refractivity contribution in [3.63, 3.8) is 0 Å². The average molecular weight is 251 g/mol. The topological polar surface area (TPSA) is 47.8 Å². The highest BCUT2D eigenvalue weighted by Gasteiger charge is 2.11. The summed E-state index contributed by atoms with van der Waals surface area (Å²) in [4.78, 5) is 16.5. The van der Waals surface area contributed by atoms with E-state index >= 15 is 0 Å². The lowest BCUT2D eigenvalue weighted by molar-refractivity contribution is 0.0984. The molecule has 0 aliphatic rings. The Morgan fingerprint density at radius 2 is 2.11 bits per heavy atom. The highest BCUT2D eigenvalue weighted by molar-refractivity contribution is 5.96. The van der Waals surface area contributed by atoms with Gasteiger partial charge in [0.15, 0.2) is 5.78 Å². The second kappa shape index (κ2) is 4.65. The molecule has 0 aliphatic heterocycles. The fraction of sp³-hybridized carbons (Fsp3) is 0.133. The number of carbonyl (C=O) groups excluding carboxylic acids is 1. The van der Waals surface area contributed by atoms with Crippen LogP contribution < -0.4 is 0 Å². The predicted octanol–water partition coefficient (Wildman–Crippen LogP) is 2.39. The summed E-state index contributed by atoms with van der Waals surface area (Å²) in [5, 5.41) is 5.10. The minimum atomic E-state index is 0.0651. The second-order valence-electron chi connectivity index (χ2n) is 4.47. The van der Waals surface area contributed by atoms with Crippen LogP contribution in [-0.4, -0.2) is 20.5 Å². The summed E-state index contributed by atoms with van der Waals surface area (Å²) >= 11 is 0. The first-order valence-electron chi connectivity index (χ1n) is 6.09. The summed E-state index contributed by atoms with van der Waals surface area (Å²) in [6.07, 6.45) is 3.76. The lowest BCUT2D eigenvalue weighted by Crippen LogP contribution is -2.09. The first-order valence-corrected chi connectivity index (χ1v) is 6.09.